The Morgan fingerprint density at radius 1 is 1.19 bits per heavy atom. The summed E-state index contributed by atoms with van der Waals surface area (Å²) in [5, 5.41) is 0. The zero-order valence-corrected chi connectivity index (χ0v) is 10.8. The molecule has 0 saturated carbocycles. The number of carbonyl (C=O) groups excluding carboxylic acids is 1. The number of carbonyl (C=O) groups is 1. The molecule has 0 aliphatic rings. The molecule has 0 aliphatic heterocycles. The average molecular weight is 223 g/mol. The Labute approximate surface area is 100 Å². The summed E-state index contributed by atoms with van der Waals surface area (Å²) in [5.41, 5.74) is 7.41. The van der Waals surface area contributed by atoms with Gasteiger partial charge in [-0.05, 0) is 23.5 Å². The van der Waals surface area contributed by atoms with Crippen molar-refractivity contribution in [2.45, 2.75) is 40.5 Å². The van der Waals surface area contributed by atoms with Crippen LogP contribution in [0, 0.1) is 5.92 Å². The predicted octanol–water partition coefficient (Wildman–Crippen LogP) is 3.19. The van der Waals surface area contributed by atoms with Crippen molar-refractivity contribution in [3.63, 3.8) is 0 Å². The Bertz CT molecular complexity index is 307. The van der Waals surface area contributed by atoms with Crippen molar-refractivity contribution in [1.82, 2.24) is 0 Å². The van der Waals surface area contributed by atoms with Gasteiger partial charge in [-0.15, -0.1) is 0 Å². The summed E-state index contributed by atoms with van der Waals surface area (Å²) in [4.78, 5) is 10.7. The lowest BCUT2D eigenvalue weighted by atomic mass is 10.0. The van der Waals surface area contributed by atoms with Crippen LogP contribution in [0.4, 0.5) is 0 Å². The quantitative estimate of drug-likeness (QED) is 0.837. The van der Waals surface area contributed by atoms with E-state index in [1.807, 2.05) is 26.0 Å². The second kappa shape index (κ2) is 7.91. The molecular formula is C14H25NO. The van der Waals surface area contributed by atoms with Crippen molar-refractivity contribution in [3.05, 3.63) is 35.4 Å². The van der Waals surface area contributed by atoms with E-state index in [9.17, 15) is 4.79 Å². The van der Waals surface area contributed by atoms with Crippen LogP contribution in [0.1, 0.15) is 40.2 Å². The first-order valence-electron chi connectivity index (χ1n) is 5.94. The molecule has 1 aromatic rings. The van der Waals surface area contributed by atoms with E-state index in [1.165, 1.54) is 5.56 Å². The molecule has 2 nitrogen and oxygen atoms in total. The molecule has 0 saturated heterocycles. The van der Waals surface area contributed by atoms with Gasteiger partial charge < -0.3 is 5.73 Å². The molecule has 0 bridgehead atoms. The monoisotopic (exact) mass is 223 g/mol. The first kappa shape index (κ1) is 14.7. The molecule has 0 fully saturated rings. The maximum Gasteiger partial charge on any atom is 0.221 e. The molecule has 2 heteroatoms. The van der Waals surface area contributed by atoms with Gasteiger partial charge in [0.25, 0.3) is 0 Å². The van der Waals surface area contributed by atoms with Gasteiger partial charge in [-0.3, -0.25) is 4.79 Å². The number of nitrogens with two attached hydrogens (primary N) is 1. The molecule has 16 heavy (non-hydrogen) atoms. The Morgan fingerprint density at radius 3 is 2.00 bits per heavy atom. The van der Waals surface area contributed by atoms with Crippen LogP contribution in [-0.2, 0) is 17.6 Å². The second-order valence-corrected chi connectivity index (χ2v) is 4.06. The van der Waals surface area contributed by atoms with Crippen molar-refractivity contribution in [3.8, 4) is 0 Å². The van der Waals surface area contributed by atoms with Gasteiger partial charge in [-0.25, -0.2) is 0 Å². The highest BCUT2D eigenvalue weighted by Gasteiger charge is 2.00. The molecule has 1 rings (SSSR count). The molecule has 0 heterocycles. The SMILES string of the molecule is CC.CC(C)Cc1ccc(CC(N)=O)cc1.[HH]. The Morgan fingerprint density at radius 2 is 1.62 bits per heavy atom. The summed E-state index contributed by atoms with van der Waals surface area (Å²) in [5.74, 6) is 0.388. The van der Waals surface area contributed by atoms with Gasteiger partial charge in [0.05, 0.1) is 6.42 Å². The number of benzene rings is 1. The molecule has 0 atom stereocenters. The highest BCUT2D eigenvalue weighted by molar-refractivity contribution is 5.76. The summed E-state index contributed by atoms with van der Waals surface area (Å²) < 4.78 is 0. The first-order chi connectivity index (χ1) is 7.58. The number of hydrogen-bond donors (Lipinski definition) is 1. The van der Waals surface area contributed by atoms with E-state index in [0.717, 1.165) is 12.0 Å². The van der Waals surface area contributed by atoms with Crippen molar-refractivity contribution in [1.29, 1.82) is 0 Å². The lowest BCUT2D eigenvalue weighted by Gasteiger charge is -2.05. The van der Waals surface area contributed by atoms with E-state index in [2.05, 4.69) is 26.0 Å². The lowest BCUT2D eigenvalue weighted by Crippen LogP contribution is -2.13. The largest absolute Gasteiger partial charge is 0.369 e. The maximum atomic E-state index is 10.7. The highest BCUT2D eigenvalue weighted by Crippen LogP contribution is 2.09. The van der Waals surface area contributed by atoms with Crippen LogP contribution < -0.4 is 5.73 Å². The second-order valence-electron chi connectivity index (χ2n) is 4.06. The van der Waals surface area contributed by atoms with Gasteiger partial charge in [0, 0.05) is 1.43 Å². The van der Waals surface area contributed by atoms with Crippen LogP contribution in [0.25, 0.3) is 0 Å². The first-order valence-corrected chi connectivity index (χ1v) is 5.94. The van der Waals surface area contributed by atoms with Crippen LogP contribution in [0.5, 0.6) is 0 Å². The molecule has 0 spiro atoms. The smallest absolute Gasteiger partial charge is 0.221 e. The Hall–Kier alpha value is -1.31. The van der Waals surface area contributed by atoms with Gasteiger partial charge in [0.15, 0.2) is 0 Å². The van der Waals surface area contributed by atoms with E-state index in [4.69, 9.17) is 5.73 Å². The van der Waals surface area contributed by atoms with Crippen molar-refractivity contribution in [2.24, 2.45) is 11.7 Å². The molecule has 1 aromatic carbocycles. The third-order valence-corrected chi connectivity index (χ3v) is 2.05. The number of hydrogen-bond acceptors (Lipinski definition) is 1. The van der Waals surface area contributed by atoms with Crippen LogP contribution in [0.15, 0.2) is 24.3 Å². The normalized spacial score (nSPS) is 9.56. The zero-order chi connectivity index (χ0) is 12.6. The third kappa shape index (κ3) is 6.23. The van der Waals surface area contributed by atoms with Crippen LogP contribution >= 0.6 is 0 Å². The van der Waals surface area contributed by atoms with E-state index in [0.29, 0.717) is 12.3 Å². The molecule has 1 amide bonds. The van der Waals surface area contributed by atoms with Crippen molar-refractivity contribution < 1.29 is 6.22 Å². The minimum atomic E-state index is -0.276. The molecule has 2 N–H and O–H groups in total. The summed E-state index contributed by atoms with van der Waals surface area (Å²) in [7, 11) is 0. The summed E-state index contributed by atoms with van der Waals surface area (Å²) in [6.07, 6.45) is 1.42. The predicted molar refractivity (Wildman–Crippen MR) is 71.3 cm³/mol. The van der Waals surface area contributed by atoms with Gasteiger partial charge in [-0.2, -0.15) is 0 Å². The van der Waals surface area contributed by atoms with E-state index >= 15 is 0 Å². The molecule has 92 valence electrons. The van der Waals surface area contributed by atoms with Crippen molar-refractivity contribution in [2.75, 3.05) is 0 Å². The Balaban J connectivity index is 0. The van der Waals surface area contributed by atoms with E-state index < -0.39 is 0 Å². The molecule has 0 unspecified atom stereocenters. The number of rotatable bonds is 4. The number of primary amides is 1. The fourth-order valence-corrected chi connectivity index (χ4v) is 1.47. The van der Waals surface area contributed by atoms with Crippen LogP contribution in [0.2, 0.25) is 0 Å². The molecule has 0 aromatic heterocycles. The van der Waals surface area contributed by atoms with Crippen molar-refractivity contribution >= 4 is 5.91 Å². The maximum absolute atomic E-state index is 10.7. The minimum Gasteiger partial charge on any atom is -0.369 e. The summed E-state index contributed by atoms with van der Waals surface area (Å²) in [6.45, 7) is 8.38. The molecule has 0 radical (unpaired) electrons. The fraction of sp³-hybridized carbons (Fsp3) is 0.500. The standard InChI is InChI=1S/C12H17NO.C2H6.H2/c1-9(2)7-10-3-5-11(6-4-10)8-12(13)14;1-2;/h3-6,9H,7-8H2,1-2H3,(H2,13,14);1-2H3;1H. The Kier molecular flexibility index (Phi) is 7.27. The minimum absolute atomic E-state index is 0. The van der Waals surface area contributed by atoms with Gasteiger partial charge in [-0.1, -0.05) is 52.0 Å². The average Bonchev–Trinajstić information content (AvgIpc) is 2.22. The molecular weight excluding hydrogens is 198 g/mol. The fourth-order valence-electron chi connectivity index (χ4n) is 1.47. The summed E-state index contributed by atoms with van der Waals surface area (Å²) in [6, 6.07) is 8.08. The number of amides is 1. The van der Waals surface area contributed by atoms with Gasteiger partial charge in [0.1, 0.15) is 0 Å². The highest BCUT2D eigenvalue weighted by atomic mass is 16.1. The van der Waals surface area contributed by atoms with E-state index in [1.54, 1.807) is 0 Å². The summed E-state index contributed by atoms with van der Waals surface area (Å²) >= 11 is 0. The van der Waals surface area contributed by atoms with Crippen LogP contribution in [0.3, 0.4) is 0 Å². The lowest BCUT2D eigenvalue weighted by molar-refractivity contribution is -0.117. The molecule has 0 aliphatic carbocycles. The zero-order valence-electron chi connectivity index (χ0n) is 10.8. The van der Waals surface area contributed by atoms with Gasteiger partial charge >= 0.3 is 0 Å². The third-order valence-electron chi connectivity index (χ3n) is 2.05. The van der Waals surface area contributed by atoms with Crippen LogP contribution in [-0.4, -0.2) is 5.91 Å². The van der Waals surface area contributed by atoms with Gasteiger partial charge in [0.2, 0.25) is 5.91 Å². The topological polar surface area (TPSA) is 43.1 Å². The van der Waals surface area contributed by atoms with E-state index in [-0.39, 0.29) is 7.33 Å².